The van der Waals surface area contributed by atoms with Gasteiger partial charge in [-0.05, 0) is 30.5 Å². The van der Waals surface area contributed by atoms with Crippen molar-refractivity contribution in [2.24, 2.45) is 0 Å². The highest BCUT2D eigenvalue weighted by Crippen LogP contribution is 2.20. The third-order valence-electron chi connectivity index (χ3n) is 3.15. The molecule has 0 radical (unpaired) electrons. The maximum absolute atomic E-state index is 5.59. The molecule has 90 valence electrons. The normalized spacial score (nSPS) is 11.7. The van der Waals surface area contributed by atoms with Gasteiger partial charge in [0.15, 0.2) is 0 Å². The first-order valence-electron chi connectivity index (χ1n) is 5.90. The molecule has 0 aliphatic heterocycles. The molecule has 1 aromatic rings. The molecule has 0 unspecified atom stereocenters. The Labute approximate surface area is 99.8 Å². The van der Waals surface area contributed by atoms with Crippen LogP contribution in [0.1, 0.15) is 18.9 Å². The lowest BCUT2D eigenvalue weighted by atomic mass is 10.1. The lowest BCUT2D eigenvalue weighted by molar-refractivity contribution is 0.242. The molecule has 0 saturated carbocycles. The van der Waals surface area contributed by atoms with E-state index in [-0.39, 0.29) is 0 Å². The molecule has 2 nitrogen and oxygen atoms in total. The van der Waals surface area contributed by atoms with Crippen molar-refractivity contribution in [1.82, 2.24) is 0 Å². The van der Waals surface area contributed by atoms with Crippen LogP contribution in [0.15, 0.2) is 30.3 Å². The van der Waals surface area contributed by atoms with E-state index in [9.17, 15) is 0 Å². The zero-order valence-corrected chi connectivity index (χ0v) is 11.5. The van der Waals surface area contributed by atoms with Crippen LogP contribution in [0.25, 0.3) is 0 Å². The highest BCUT2D eigenvalue weighted by atomic mass is 28.4. The number of aryl methyl sites for hydroxylation is 1. The Kier molecular flexibility index (Phi) is 5.73. The molecule has 0 spiro atoms. The molecule has 0 saturated heterocycles. The summed E-state index contributed by atoms with van der Waals surface area (Å²) in [4.78, 5) is 0. The quantitative estimate of drug-likeness (QED) is 0.678. The monoisotopic (exact) mass is 238 g/mol. The van der Waals surface area contributed by atoms with Gasteiger partial charge >= 0.3 is 8.56 Å². The zero-order chi connectivity index (χ0) is 11.9. The molecule has 0 heterocycles. The van der Waals surface area contributed by atoms with Crippen molar-refractivity contribution in [3.05, 3.63) is 35.9 Å². The molecule has 0 atom stereocenters. The molecule has 0 aliphatic carbocycles. The summed E-state index contributed by atoms with van der Waals surface area (Å²) in [5.74, 6) is 0. The van der Waals surface area contributed by atoms with Gasteiger partial charge in [-0.15, -0.1) is 0 Å². The van der Waals surface area contributed by atoms with Crippen LogP contribution >= 0.6 is 0 Å². The number of hydrogen-bond donors (Lipinski definition) is 0. The fourth-order valence-corrected chi connectivity index (χ4v) is 4.18. The van der Waals surface area contributed by atoms with Gasteiger partial charge in [0.05, 0.1) is 0 Å². The number of benzene rings is 1. The summed E-state index contributed by atoms with van der Waals surface area (Å²) in [5.41, 5.74) is 1.40. The van der Waals surface area contributed by atoms with Gasteiger partial charge in [0.25, 0.3) is 0 Å². The SMILES string of the molecule is CC[Si](CCCc1ccccc1)(OC)OC. The minimum absolute atomic E-state index is 1.02. The predicted octanol–water partition coefficient (Wildman–Crippen LogP) is 3.37. The van der Waals surface area contributed by atoms with E-state index < -0.39 is 8.56 Å². The molecule has 0 N–H and O–H groups in total. The fraction of sp³-hybridized carbons (Fsp3) is 0.538. The first kappa shape index (κ1) is 13.4. The molecule has 16 heavy (non-hydrogen) atoms. The van der Waals surface area contributed by atoms with Gasteiger partial charge in [-0.1, -0.05) is 37.3 Å². The van der Waals surface area contributed by atoms with Crippen molar-refractivity contribution in [3.63, 3.8) is 0 Å². The maximum atomic E-state index is 5.59. The van der Waals surface area contributed by atoms with E-state index in [1.165, 1.54) is 5.56 Å². The lowest BCUT2D eigenvalue weighted by Gasteiger charge is -2.25. The second-order valence-electron chi connectivity index (χ2n) is 4.01. The van der Waals surface area contributed by atoms with Crippen LogP contribution in [-0.4, -0.2) is 22.8 Å². The molecule has 0 amide bonds. The van der Waals surface area contributed by atoms with E-state index in [0.717, 1.165) is 24.9 Å². The van der Waals surface area contributed by atoms with E-state index >= 15 is 0 Å². The van der Waals surface area contributed by atoms with Crippen LogP contribution in [-0.2, 0) is 15.3 Å². The van der Waals surface area contributed by atoms with Crippen molar-refractivity contribution in [3.8, 4) is 0 Å². The average Bonchev–Trinajstić information content (AvgIpc) is 2.37. The van der Waals surface area contributed by atoms with Crippen LogP contribution in [0.2, 0.25) is 12.1 Å². The molecular formula is C13H22O2Si. The van der Waals surface area contributed by atoms with Gasteiger partial charge in [-0.25, -0.2) is 0 Å². The third kappa shape index (κ3) is 3.74. The van der Waals surface area contributed by atoms with Crippen LogP contribution in [0.5, 0.6) is 0 Å². The highest BCUT2D eigenvalue weighted by Gasteiger charge is 2.32. The minimum atomic E-state index is -1.87. The molecule has 1 aromatic carbocycles. The van der Waals surface area contributed by atoms with Gasteiger partial charge in [0, 0.05) is 14.2 Å². The van der Waals surface area contributed by atoms with Crippen LogP contribution < -0.4 is 0 Å². The van der Waals surface area contributed by atoms with E-state index in [2.05, 4.69) is 37.3 Å². The van der Waals surface area contributed by atoms with Crippen molar-refractivity contribution >= 4 is 8.56 Å². The smallest absolute Gasteiger partial charge is 0.337 e. The average molecular weight is 238 g/mol. The van der Waals surface area contributed by atoms with E-state index in [1.807, 2.05) is 0 Å². The summed E-state index contributed by atoms with van der Waals surface area (Å²) in [5, 5.41) is 0. The summed E-state index contributed by atoms with van der Waals surface area (Å²) in [6.07, 6.45) is 2.26. The van der Waals surface area contributed by atoms with E-state index in [1.54, 1.807) is 14.2 Å². The first-order valence-corrected chi connectivity index (χ1v) is 8.13. The van der Waals surface area contributed by atoms with Gasteiger partial charge in [-0.2, -0.15) is 0 Å². The second kappa shape index (κ2) is 6.84. The van der Waals surface area contributed by atoms with Gasteiger partial charge < -0.3 is 8.85 Å². The summed E-state index contributed by atoms with van der Waals surface area (Å²) in [7, 11) is 1.69. The third-order valence-corrected chi connectivity index (χ3v) is 6.83. The van der Waals surface area contributed by atoms with Crippen LogP contribution in [0.4, 0.5) is 0 Å². The molecule has 0 aromatic heterocycles. The predicted molar refractivity (Wildman–Crippen MR) is 69.8 cm³/mol. The Bertz CT molecular complexity index is 275. The Hall–Kier alpha value is -0.643. The Morgan fingerprint density at radius 1 is 1.06 bits per heavy atom. The van der Waals surface area contributed by atoms with Gasteiger partial charge in [-0.3, -0.25) is 0 Å². The van der Waals surface area contributed by atoms with Gasteiger partial charge in [0.1, 0.15) is 0 Å². The zero-order valence-electron chi connectivity index (χ0n) is 10.5. The second-order valence-corrected chi connectivity index (χ2v) is 7.86. The standard InChI is InChI=1S/C13H22O2Si/c1-4-16(14-2,15-3)12-8-11-13-9-6-5-7-10-13/h5-7,9-10H,4,8,11-12H2,1-3H3. The molecule has 0 aliphatic rings. The summed E-state index contributed by atoms with van der Waals surface area (Å²) in [6, 6.07) is 12.7. The van der Waals surface area contributed by atoms with Crippen LogP contribution in [0, 0.1) is 0 Å². The lowest BCUT2D eigenvalue weighted by Crippen LogP contribution is -2.39. The topological polar surface area (TPSA) is 18.5 Å². The highest BCUT2D eigenvalue weighted by molar-refractivity contribution is 6.67. The largest absolute Gasteiger partial charge is 0.398 e. The molecule has 1 rings (SSSR count). The Balaban J connectivity index is 2.39. The van der Waals surface area contributed by atoms with E-state index in [4.69, 9.17) is 8.85 Å². The van der Waals surface area contributed by atoms with Crippen molar-refractivity contribution < 1.29 is 8.85 Å². The summed E-state index contributed by atoms with van der Waals surface area (Å²) < 4.78 is 11.2. The Morgan fingerprint density at radius 2 is 1.69 bits per heavy atom. The Morgan fingerprint density at radius 3 is 2.19 bits per heavy atom. The number of rotatable bonds is 7. The minimum Gasteiger partial charge on any atom is -0.398 e. The summed E-state index contributed by atoms with van der Waals surface area (Å²) in [6.45, 7) is 2.15. The first-order chi connectivity index (χ1) is 7.76. The van der Waals surface area contributed by atoms with Crippen LogP contribution in [0.3, 0.4) is 0 Å². The molecule has 0 bridgehead atoms. The number of hydrogen-bond acceptors (Lipinski definition) is 2. The maximum Gasteiger partial charge on any atom is 0.337 e. The van der Waals surface area contributed by atoms with Crippen molar-refractivity contribution in [2.75, 3.05) is 14.2 Å². The van der Waals surface area contributed by atoms with Crippen molar-refractivity contribution in [2.45, 2.75) is 31.9 Å². The van der Waals surface area contributed by atoms with Gasteiger partial charge in [0.2, 0.25) is 0 Å². The molecule has 3 heteroatoms. The van der Waals surface area contributed by atoms with Crippen molar-refractivity contribution in [1.29, 1.82) is 0 Å². The fourth-order valence-electron chi connectivity index (χ4n) is 1.96. The molecule has 0 fully saturated rings. The molecular weight excluding hydrogens is 216 g/mol. The van der Waals surface area contributed by atoms with E-state index in [0.29, 0.717) is 0 Å². The summed E-state index contributed by atoms with van der Waals surface area (Å²) >= 11 is 0.